The van der Waals surface area contributed by atoms with Crippen LogP contribution in [0.15, 0.2) is 18.2 Å². The molecule has 18 heavy (non-hydrogen) atoms. The predicted molar refractivity (Wildman–Crippen MR) is 76.9 cm³/mol. The van der Waals surface area contributed by atoms with Crippen LogP contribution in [-0.4, -0.2) is 24.7 Å². The van der Waals surface area contributed by atoms with Crippen molar-refractivity contribution in [3.8, 4) is 5.75 Å². The molecular weight excluding hydrogens is 249 g/mol. The molecule has 1 aromatic rings. The van der Waals surface area contributed by atoms with Gasteiger partial charge in [-0.05, 0) is 42.7 Å². The minimum Gasteiger partial charge on any atom is -0.493 e. The summed E-state index contributed by atoms with van der Waals surface area (Å²) in [5.74, 6) is 2.83. The number of halogens is 1. The Morgan fingerprint density at radius 1 is 1.33 bits per heavy atom. The Kier molecular flexibility index (Phi) is 7.85. The van der Waals surface area contributed by atoms with Crippen molar-refractivity contribution in [1.82, 2.24) is 5.32 Å². The first-order valence-corrected chi connectivity index (χ1v) is 7.63. The minimum absolute atomic E-state index is 0.211. The lowest BCUT2D eigenvalue weighted by atomic mass is 10.2. The average Bonchev–Trinajstić information content (AvgIpc) is 2.38. The van der Waals surface area contributed by atoms with Gasteiger partial charge in [-0.1, -0.05) is 13.8 Å². The van der Waals surface area contributed by atoms with E-state index in [1.165, 1.54) is 6.07 Å². The molecule has 0 amide bonds. The second kappa shape index (κ2) is 9.22. The van der Waals surface area contributed by atoms with Gasteiger partial charge in [0.25, 0.3) is 0 Å². The fourth-order valence-corrected chi connectivity index (χ4v) is 2.18. The third-order valence-electron chi connectivity index (χ3n) is 2.48. The van der Waals surface area contributed by atoms with Gasteiger partial charge in [-0.15, -0.1) is 0 Å². The predicted octanol–water partition coefficient (Wildman–Crippen LogP) is 3.46. The molecule has 0 unspecified atom stereocenters. The molecule has 0 spiro atoms. The molecule has 0 fully saturated rings. The number of nitrogens with one attached hydrogen (secondary N) is 1. The molecule has 0 aromatic heterocycles. The zero-order chi connectivity index (χ0) is 13.2. The normalized spacial score (nSPS) is 10.6. The van der Waals surface area contributed by atoms with Crippen LogP contribution >= 0.6 is 11.8 Å². The molecule has 1 rings (SSSR count). The highest BCUT2D eigenvalue weighted by molar-refractivity contribution is 7.99. The van der Waals surface area contributed by atoms with Crippen LogP contribution in [0.5, 0.6) is 5.75 Å². The molecule has 2 nitrogen and oxygen atoms in total. The van der Waals surface area contributed by atoms with Crippen molar-refractivity contribution >= 4 is 11.8 Å². The van der Waals surface area contributed by atoms with Crippen LogP contribution in [0.3, 0.4) is 0 Å². The molecule has 1 N–H and O–H groups in total. The van der Waals surface area contributed by atoms with E-state index in [-0.39, 0.29) is 5.82 Å². The standard InChI is InChI=1S/C14H22FNOS/c1-3-16-11-12-10-13(15)6-7-14(12)17-8-5-9-18-4-2/h6-7,10,16H,3-5,8-9,11H2,1-2H3. The zero-order valence-corrected chi connectivity index (χ0v) is 12.0. The largest absolute Gasteiger partial charge is 0.493 e. The average molecular weight is 271 g/mol. The summed E-state index contributed by atoms with van der Waals surface area (Å²) in [6.07, 6.45) is 1.02. The van der Waals surface area contributed by atoms with Crippen molar-refractivity contribution < 1.29 is 9.13 Å². The summed E-state index contributed by atoms with van der Waals surface area (Å²) in [4.78, 5) is 0. The van der Waals surface area contributed by atoms with E-state index in [1.54, 1.807) is 12.1 Å². The fourth-order valence-electron chi connectivity index (χ4n) is 1.57. The van der Waals surface area contributed by atoms with Crippen molar-refractivity contribution in [2.45, 2.75) is 26.8 Å². The van der Waals surface area contributed by atoms with E-state index >= 15 is 0 Å². The first kappa shape index (κ1) is 15.3. The Balaban J connectivity index is 2.47. The number of rotatable bonds is 9. The topological polar surface area (TPSA) is 21.3 Å². The van der Waals surface area contributed by atoms with Gasteiger partial charge in [0.05, 0.1) is 6.61 Å². The Morgan fingerprint density at radius 3 is 2.89 bits per heavy atom. The van der Waals surface area contributed by atoms with E-state index in [0.717, 1.165) is 35.8 Å². The number of hydrogen-bond acceptors (Lipinski definition) is 3. The highest BCUT2D eigenvalue weighted by Crippen LogP contribution is 2.20. The van der Waals surface area contributed by atoms with E-state index < -0.39 is 0 Å². The zero-order valence-electron chi connectivity index (χ0n) is 11.2. The summed E-state index contributed by atoms with van der Waals surface area (Å²) in [6.45, 7) is 6.38. The van der Waals surface area contributed by atoms with E-state index in [9.17, 15) is 4.39 Å². The molecule has 0 saturated carbocycles. The van der Waals surface area contributed by atoms with Crippen molar-refractivity contribution in [3.63, 3.8) is 0 Å². The Hall–Kier alpha value is -0.740. The summed E-state index contributed by atoms with van der Waals surface area (Å²) < 4.78 is 18.9. The molecule has 0 aliphatic heterocycles. The van der Waals surface area contributed by atoms with Gasteiger partial charge in [0.1, 0.15) is 11.6 Å². The number of benzene rings is 1. The van der Waals surface area contributed by atoms with Crippen LogP contribution in [0.25, 0.3) is 0 Å². The van der Waals surface area contributed by atoms with E-state index in [1.807, 2.05) is 18.7 Å². The second-order valence-electron chi connectivity index (χ2n) is 3.93. The van der Waals surface area contributed by atoms with Crippen molar-refractivity contribution in [2.75, 3.05) is 24.7 Å². The maximum Gasteiger partial charge on any atom is 0.123 e. The van der Waals surface area contributed by atoms with Crippen LogP contribution in [0.2, 0.25) is 0 Å². The van der Waals surface area contributed by atoms with Crippen LogP contribution in [0, 0.1) is 5.82 Å². The second-order valence-corrected chi connectivity index (χ2v) is 5.33. The summed E-state index contributed by atoms with van der Waals surface area (Å²) in [5.41, 5.74) is 0.889. The Labute approximate surface area is 113 Å². The molecule has 0 bridgehead atoms. The smallest absolute Gasteiger partial charge is 0.123 e. The molecule has 0 radical (unpaired) electrons. The third-order valence-corrected chi connectivity index (χ3v) is 3.47. The maximum absolute atomic E-state index is 13.2. The van der Waals surface area contributed by atoms with Gasteiger partial charge < -0.3 is 10.1 Å². The molecule has 102 valence electrons. The first-order chi connectivity index (χ1) is 8.77. The summed E-state index contributed by atoms with van der Waals surface area (Å²) in [7, 11) is 0. The molecule has 0 saturated heterocycles. The Bertz CT molecular complexity index is 347. The molecule has 4 heteroatoms. The molecule has 1 aromatic carbocycles. The van der Waals surface area contributed by atoms with Crippen LogP contribution < -0.4 is 10.1 Å². The van der Waals surface area contributed by atoms with Gasteiger partial charge in [-0.25, -0.2) is 4.39 Å². The Morgan fingerprint density at radius 2 is 2.17 bits per heavy atom. The summed E-state index contributed by atoms with van der Waals surface area (Å²) >= 11 is 1.91. The van der Waals surface area contributed by atoms with E-state index in [4.69, 9.17) is 4.74 Å². The van der Waals surface area contributed by atoms with Gasteiger partial charge in [-0.3, -0.25) is 0 Å². The van der Waals surface area contributed by atoms with Gasteiger partial charge >= 0.3 is 0 Å². The van der Waals surface area contributed by atoms with Gasteiger partial charge in [0.15, 0.2) is 0 Å². The quantitative estimate of drug-likeness (QED) is 0.695. The van der Waals surface area contributed by atoms with Gasteiger partial charge in [-0.2, -0.15) is 11.8 Å². The van der Waals surface area contributed by atoms with E-state index in [0.29, 0.717) is 13.2 Å². The first-order valence-electron chi connectivity index (χ1n) is 6.47. The van der Waals surface area contributed by atoms with Gasteiger partial charge in [0, 0.05) is 12.1 Å². The lowest BCUT2D eigenvalue weighted by Crippen LogP contribution is -2.13. The lowest BCUT2D eigenvalue weighted by molar-refractivity contribution is 0.314. The lowest BCUT2D eigenvalue weighted by Gasteiger charge is -2.12. The molecule has 0 aliphatic carbocycles. The summed E-state index contributed by atoms with van der Waals surface area (Å²) in [5, 5.41) is 3.19. The third kappa shape index (κ3) is 5.74. The minimum atomic E-state index is -0.211. The van der Waals surface area contributed by atoms with Crippen molar-refractivity contribution in [1.29, 1.82) is 0 Å². The highest BCUT2D eigenvalue weighted by atomic mass is 32.2. The van der Waals surface area contributed by atoms with Crippen LogP contribution in [0.1, 0.15) is 25.8 Å². The van der Waals surface area contributed by atoms with Crippen molar-refractivity contribution in [2.24, 2.45) is 0 Å². The fraction of sp³-hybridized carbons (Fsp3) is 0.571. The molecular formula is C14H22FNOS. The highest BCUT2D eigenvalue weighted by Gasteiger charge is 2.05. The number of thioether (sulfide) groups is 1. The molecule has 0 aliphatic rings. The summed E-state index contributed by atoms with van der Waals surface area (Å²) in [6, 6.07) is 4.71. The van der Waals surface area contributed by atoms with Crippen LogP contribution in [0.4, 0.5) is 4.39 Å². The number of ether oxygens (including phenoxy) is 1. The maximum atomic E-state index is 13.2. The monoisotopic (exact) mass is 271 g/mol. The SMILES string of the molecule is CCNCc1cc(F)ccc1OCCCSCC. The molecule has 0 atom stereocenters. The van der Waals surface area contributed by atoms with E-state index in [2.05, 4.69) is 12.2 Å². The van der Waals surface area contributed by atoms with Gasteiger partial charge in [0.2, 0.25) is 0 Å². The van der Waals surface area contributed by atoms with Crippen molar-refractivity contribution in [3.05, 3.63) is 29.6 Å². The van der Waals surface area contributed by atoms with Crippen LogP contribution in [-0.2, 0) is 6.54 Å². The number of hydrogen-bond donors (Lipinski definition) is 1. The molecule has 0 heterocycles.